The molecule has 2 aromatic carbocycles. The van der Waals surface area contributed by atoms with Crippen LogP contribution < -0.4 is 5.32 Å². The highest BCUT2D eigenvalue weighted by Gasteiger charge is 2.58. The minimum Gasteiger partial charge on any atom is -0.504 e. The number of nitrogens with one attached hydrogen (secondary N) is 1. The molecule has 2 atom stereocenters. The number of halogens is 1. The molecule has 1 aliphatic carbocycles. The monoisotopic (exact) mass is 507 g/mol. The van der Waals surface area contributed by atoms with Crippen LogP contribution in [0.3, 0.4) is 0 Å². The summed E-state index contributed by atoms with van der Waals surface area (Å²) < 4.78 is 1.25. The van der Waals surface area contributed by atoms with E-state index in [0.29, 0.717) is 18.9 Å². The SMILES string of the molecule is CCCCC1(C(=O)NCCc2ccc(O)c(O)c2)CC1CCc1ccc(I)cc1. The molecule has 156 valence electrons. The summed E-state index contributed by atoms with van der Waals surface area (Å²) in [4.78, 5) is 13.0. The molecule has 2 aromatic rings. The van der Waals surface area contributed by atoms with Crippen molar-refractivity contribution >= 4 is 28.5 Å². The maximum Gasteiger partial charge on any atom is 0.226 e. The van der Waals surface area contributed by atoms with Crippen molar-refractivity contribution in [1.29, 1.82) is 0 Å². The average Bonchev–Trinajstić information content (AvgIpc) is 3.43. The number of amides is 1. The van der Waals surface area contributed by atoms with Crippen molar-refractivity contribution in [3.8, 4) is 11.5 Å². The number of hydrogen-bond donors (Lipinski definition) is 3. The molecule has 4 nitrogen and oxygen atoms in total. The molecule has 5 heteroatoms. The smallest absolute Gasteiger partial charge is 0.226 e. The maximum absolute atomic E-state index is 13.0. The van der Waals surface area contributed by atoms with Gasteiger partial charge >= 0.3 is 0 Å². The molecule has 0 bridgehead atoms. The third-order valence-electron chi connectivity index (χ3n) is 6.09. The van der Waals surface area contributed by atoms with E-state index in [2.05, 4.69) is 59.1 Å². The van der Waals surface area contributed by atoms with Gasteiger partial charge in [0.2, 0.25) is 5.91 Å². The molecule has 1 saturated carbocycles. The topological polar surface area (TPSA) is 69.6 Å². The predicted molar refractivity (Wildman–Crippen MR) is 124 cm³/mol. The molecular weight excluding hydrogens is 477 g/mol. The normalized spacial score (nSPS) is 20.4. The molecule has 0 aliphatic heterocycles. The lowest BCUT2D eigenvalue weighted by Crippen LogP contribution is -2.34. The fraction of sp³-hybridized carbons (Fsp3) is 0.458. The Morgan fingerprint density at radius 1 is 1.10 bits per heavy atom. The van der Waals surface area contributed by atoms with Gasteiger partial charge in [-0.15, -0.1) is 0 Å². The van der Waals surface area contributed by atoms with Crippen molar-refractivity contribution in [1.82, 2.24) is 5.32 Å². The summed E-state index contributed by atoms with van der Waals surface area (Å²) in [5.41, 5.74) is 2.04. The molecule has 29 heavy (non-hydrogen) atoms. The Morgan fingerprint density at radius 2 is 1.83 bits per heavy atom. The first kappa shape index (κ1) is 21.9. The van der Waals surface area contributed by atoms with E-state index >= 15 is 0 Å². The van der Waals surface area contributed by atoms with Crippen molar-refractivity contribution in [3.05, 3.63) is 57.2 Å². The Bertz CT molecular complexity index is 837. The van der Waals surface area contributed by atoms with Crippen LogP contribution in [0.5, 0.6) is 11.5 Å². The van der Waals surface area contributed by atoms with Gasteiger partial charge in [0.05, 0.1) is 5.41 Å². The van der Waals surface area contributed by atoms with Crippen molar-refractivity contribution in [2.75, 3.05) is 6.54 Å². The first-order chi connectivity index (χ1) is 13.9. The molecule has 1 fully saturated rings. The van der Waals surface area contributed by atoms with Gasteiger partial charge in [-0.05, 0) is 96.0 Å². The number of benzene rings is 2. The van der Waals surface area contributed by atoms with Crippen LogP contribution in [0.25, 0.3) is 0 Å². The Hall–Kier alpha value is -1.76. The van der Waals surface area contributed by atoms with Crippen LogP contribution in [0.2, 0.25) is 0 Å². The Labute approximate surface area is 186 Å². The van der Waals surface area contributed by atoms with Crippen LogP contribution in [0.1, 0.15) is 50.2 Å². The molecule has 2 unspecified atom stereocenters. The number of aryl methyl sites for hydroxylation is 1. The van der Waals surface area contributed by atoms with Crippen LogP contribution in [0, 0.1) is 14.9 Å². The van der Waals surface area contributed by atoms with Gasteiger partial charge in [0.1, 0.15) is 0 Å². The van der Waals surface area contributed by atoms with Crippen molar-refractivity contribution in [2.24, 2.45) is 11.3 Å². The number of phenols is 2. The van der Waals surface area contributed by atoms with Crippen LogP contribution in [-0.4, -0.2) is 22.7 Å². The fourth-order valence-corrected chi connectivity index (χ4v) is 4.52. The van der Waals surface area contributed by atoms with Crippen LogP contribution >= 0.6 is 22.6 Å². The van der Waals surface area contributed by atoms with Crippen molar-refractivity contribution in [2.45, 2.75) is 51.9 Å². The molecule has 0 saturated heterocycles. The highest BCUT2D eigenvalue weighted by atomic mass is 127. The van der Waals surface area contributed by atoms with Gasteiger partial charge in [-0.2, -0.15) is 0 Å². The van der Waals surface area contributed by atoms with Gasteiger partial charge in [0.25, 0.3) is 0 Å². The van der Waals surface area contributed by atoms with E-state index in [0.717, 1.165) is 44.1 Å². The van der Waals surface area contributed by atoms with Gasteiger partial charge in [-0.25, -0.2) is 0 Å². The molecule has 0 heterocycles. The predicted octanol–water partition coefficient (Wildman–Crippen LogP) is 5.19. The fourth-order valence-electron chi connectivity index (χ4n) is 4.16. The lowest BCUT2D eigenvalue weighted by Gasteiger charge is -2.17. The molecule has 3 rings (SSSR count). The summed E-state index contributed by atoms with van der Waals surface area (Å²) >= 11 is 2.32. The number of aromatic hydroxyl groups is 2. The number of rotatable bonds is 10. The Balaban J connectivity index is 1.52. The van der Waals surface area contributed by atoms with Gasteiger partial charge in [-0.1, -0.05) is 38.0 Å². The highest BCUT2D eigenvalue weighted by Crippen LogP contribution is 2.58. The molecule has 0 aromatic heterocycles. The second-order valence-corrected chi connectivity index (χ2v) is 9.40. The van der Waals surface area contributed by atoms with Crippen molar-refractivity contribution in [3.63, 3.8) is 0 Å². The zero-order valence-electron chi connectivity index (χ0n) is 17.0. The van der Waals surface area contributed by atoms with E-state index < -0.39 is 0 Å². The second-order valence-electron chi connectivity index (χ2n) is 8.15. The zero-order valence-corrected chi connectivity index (χ0v) is 19.1. The number of carbonyl (C=O) groups excluding carboxylic acids is 1. The number of phenolic OH excluding ortho intramolecular Hbond substituents is 2. The lowest BCUT2D eigenvalue weighted by atomic mass is 9.92. The van der Waals surface area contributed by atoms with E-state index in [9.17, 15) is 15.0 Å². The molecule has 3 N–H and O–H groups in total. The standard InChI is InChI=1S/C24H30INO3/c1-2-3-13-24(16-19(24)8-4-17-5-9-20(25)10-6-17)23(29)26-14-12-18-7-11-21(27)22(28)15-18/h5-7,9-11,15,19,27-28H,2-4,8,12-14,16H2,1H3,(H,26,29). The Kier molecular flexibility index (Phi) is 7.44. The van der Waals surface area contributed by atoms with Crippen LogP contribution in [0.15, 0.2) is 42.5 Å². The van der Waals surface area contributed by atoms with Gasteiger partial charge < -0.3 is 15.5 Å². The van der Waals surface area contributed by atoms with E-state index in [1.807, 2.05) is 0 Å². The third-order valence-corrected chi connectivity index (χ3v) is 6.81. The lowest BCUT2D eigenvalue weighted by molar-refractivity contribution is -0.127. The number of unbranched alkanes of at least 4 members (excludes halogenated alkanes) is 1. The Morgan fingerprint density at radius 3 is 2.52 bits per heavy atom. The molecule has 1 aliphatic rings. The number of carbonyl (C=O) groups is 1. The maximum atomic E-state index is 13.0. The molecule has 1 amide bonds. The minimum atomic E-state index is -0.198. The average molecular weight is 507 g/mol. The van der Waals surface area contributed by atoms with Crippen molar-refractivity contribution < 1.29 is 15.0 Å². The third kappa shape index (κ3) is 5.65. The summed E-state index contributed by atoms with van der Waals surface area (Å²) in [6.45, 7) is 2.71. The van der Waals surface area contributed by atoms with Gasteiger partial charge in [0.15, 0.2) is 11.5 Å². The van der Waals surface area contributed by atoms with Crippen LogP contribution in [0.4, 0.5) is 0 Å². The van der Waals surface area contributed by atoms with E-state index in [-0.39, 0.29) is 22.8 Å². The summed E-state index contributed by atoms with van der Waals surface area (Å²) in [6.07, 6.45) is 6.86. The largest absolute Gasteiger partial charge is 0.504 e. The summed E-state index contributed by atoms with van der Waals surface area (Å²) in [7, 11) is 0. The minimum absolute atomic E-state index is 0.119. The summed E-state index contributed by atoms with van der Waals surface area (Å²) in [5, 5.41) is 22.1. The van der Waals surface area contributed by atoms with E-state index in [4.69, 9.17) is 0 Å². The van der Waals surface area contributed by atoms with Gasteiger partial charge in [-0.3, -0.25) is 4.79 Å². The molecule has 0 radical (unpaired) electrons. The first-order valence-corrected chi connectivity index (χ1v) is 11.6. The zero-order chi connectivity index (χ0) is 20.9. The first-order valence-electron chi connectivity index (χ1n) is 10.5. The van der Waals surface area contributed by atoms with E-state index in [1.165, 1.54) is 15.2 Å². The molecule has 0 spiro atoms. The molecular formula is C24H30INO3. The van der Waals surface area contributed by atoms with E-state index in [1.54, 1.807) is 12.1 Å². The second kappa shape index (κ2) is 9.83. The summed E-state index contributed by atoms with van der Waals surface area (Å²) in [5.74, 6) is 0.406. The quantitative estimate of drug-likeness (QED) is 0.306. The van der Waals surface area contributed by atoms with Gasteiger partial charge in [0, 0.05) is 10.1 Å². The number of hydrogen-bond acceptors (Lipinski definition) is 3. The van der Waals surface area contributed by atoms with Crippen LogP contribution in [-0.2, 0) is 17.6 Å². The summed E-state index contributed by atoms with van der Waals surface area (Å²) in [6, 6.07) is 13.5. The highest BCUT2D eigenvalue weighted by molar-refractivity contribution is 14.1.